The number of unbranched alkanes of at least 4 members (excludes halogenated alkanes) is 1. The van der Waals surface area contributed by atoms with Crippen molar-refractivity contribution >= 4 is 22.4 Å². The van der Waals surface area contributed by atoms with Gasteiger partial charge in [0.15, 0.2) is 0 Å². The van der Waals surface area contributed by atoms with Gasteiger partial charge in [0, 0.05) is 6.54 Å². The lowest BCUT2D eigenvalue weighted by Gasteiger charge is -2.10. The zero-order chi connectivity index (χ0) is 20.1. The van der Waals surface area contributed by atoms with Crippen LogP contribution in [0.2, 0.25) is 0 Å². The number of methoxy groups -OCH3 is 1. The van der Waals surface area contributed by atoms with E-state index in [1.54, 1.807) is 18.0 Å². The SMILES string of the molecule is CCCCO/C(C)=C1/C(=N\CC)Sc2c1ncn(-c1ccc(OC)cc1)c2=O. The zero-order valence-corrected chi connectivity index (χ0v) is 17.5. The first-order valence-electron chi connectivity index (χ1n) is 9.43. The van der Waals surface area contributed by atoms with Crippen LogP contribution in [-0.2, 0) is 4.74 Å². The molecule has 3 rings (SSSR count). The standard InChI is InChI=1S/C21H25N3O3S/c1-5-7-12-27-14(3)17-18-19(28-20(17)22-6-2)21(25)24(13-23-18)15-8-10-16(26-4)11-9-15/h8-11,13H,5-7,12H2,1-4H3/b17-14+,22-20+. The summed E-state index contributed by atoms with van der Waals surface area (Å²) < 4.78 is 12.6. The van der Waals surface area contributed by atoms with E-state index in [0.29, 0.717) is 23.7 Å². The lowest BCUT2D eigenvalue weighted by molar-refractivity contribution is 0.211. The van der Waals surface area contributed by atoms with Crippen LogP contribution in [0.1, 0.15) is 39.3 Å². The summed E-state index contributed by atoms with van der Waals surface area (Å²) in [4.78, 5) is 22.9. The first-order valence-corrected chi connectivity index (χ1v) is 10.2. The molecule has 1 aromatic carbocycles. The Kier molecular flexibility index (Phi) is 6.57. The minimum Gasteiger partial charge on any atom is -0.497 e. The molecule has 1 aliphatic heterocycles. The summed E-state index contributed by atoms with van der Waals surface area (Å²) in [6.45, 7) is 7.30. The van der Waals surface area contributed by atoms with Crippen LogP contribution in [0.15, 0.2) is 51.0 Å². The molecule has 0 atom stereocenters. The van der Waals surface area contributed by atoms with Crippen molar-refractivity contribution < 1.29 is 9.47 Å². The Hall–Kier alpha value is -2.54. The average molecular weight is 400 g/mol. The number of aromatic nitrogens is 2. The topological polar surface area (TPSA) is 65.7 Å². The van der Waals surface area contributed by atoms with Crippen LogP contribution < -0.4 is 10.3 Å². The molecule has 7 heteroatoms. The summed E-state index contributed by atoms with van der Waals surface area (Å²) in [5.41, 5.74) is 2.11. The fraction of sp³-hybridized carbons (Fsp3) is 0.381. The highest BCUT2D eigenvalue weighted by Crippen LogP contribution is 2.40. The molecule has 0 N–H and O–H groups in total. The van der Waals surface area contributed by atoms with E-state index in [4.69, 9.17) is 9.47 Å². The lowest BCUT2D eigenvalue weighted by atomic mass is 10.1. The molecule has 148 valence electrons. The number of fused-ring (bicyclic) bond motifs is 1. The highest BCUT2D eigenvalue weighted by Gasteiger charge is 2.31. The Morgan fingerprint density at radius 1 is 1.25 bits per heavy atom. The second-order valence-electron chi connectivity index (χ2n) is 6.31. The summed E-state index contributed by atoms with van der Waals surface area (Å²) in [5, 5.41) is 0.795. The third-order valence-corrected chi connectivity index (χ3v) is 5.50. The maximum Gasteiger partial charge on any atom is 0.272 e. The van der Waals surface area contributed by atoms with Crippen molar-refractivity contribution in [3.8, 4) is 11.4 Å². The molecule has 0 saturated heterocycles. The van der Waals surface area contributed by atoms with Crippen LogP contribution in [0.5, 0.6) is 5.75 Å². The predicted octanol–water partition coefficient (Wildman–Crippen LogP) is 4.31. The Morgan fingerprint density at radius 3 is 2.64 bits per heavy atom. The van der Waals surface area contributed by atoms with Crippen LogP contribution in [0.3, 0.4) is 0 Å². The van der Waals surface area contributed by atoms with Gasteiger partial charge in [-0.05, 0) is 44.5 Å². The van der Waals surface area contributed by atoms with E-state index < -0.39 is 0 Å². The molecule has 2 heterocycles. The van der Waals surface area contributed by atoms with E-state index in [1.165, 1.54) is 11.8 Å². The molecule has 0 amide bonds. The molecule has 0 unspecified atom stereocenters. The van der Waals surface area contributed by atoms with E-state index >= 15 is 0 Å². The minimum absolute atomic E-state index is 0.111. The molecular formula is C21H25N3O3S. The Morgan fingerprint density at radius 2 is 2.00 bits per heavy atom. The molecule has 0 bridgehead atoms. The van der Waals surface area contributed by atoms with Crippen molar-refractivity contribution in [3.63, 3.8) is 0 Å². The zero-order valence-electron chi connectivity index (χ0n) is 16.7. The summed E-state index contributed by atoms with van der Waals surface area (Å²) in [7, 11) is 1.61. The van der Waals surface area contributed by atoms with Crippen LogP contribution in [0.4, 0.5) is 0 Å². The number of thioether (sulfide) groups is 1. The van der Waals surface area contributed by atoms with Gasteiger partial charge < -0.3 is 9.47 Å². The van der Waals surface area contributed by atoms with Gasteiger partial charge in [0.25, 0.3) is 5.56 Å². The van der Waals surface area contributed by atoms with Crippen molar-refractivity contribution in [3.05, 3.63) is 52.4 Å². The van der Waals surface area contributed by atoms with E-state index in [0.717, 1.165) is 40.7 Å². The minimum atomic E-state index is -0.111. The fourth-order valence-corrected chi connectivity index (χ4v) is 4.06. The maximum atomic E-state index is 13.1. The van der Waals surface area contributed by atoms with Gasteiger partial charge in [0.05, 0.1) is 30.7 Å². The summed E-state index contributed by atoms with van der Waals surface area (Å²) >= 11 is 1.37. The van der Waals surface area contributed by atoms with Gasteiger partial charge in [0.1, 0.15) is 27.8 Å². The fourth-order valence-electron chi connectivity index (χ4n) is 2.90. The summed E-state index contributed by atoms with van der Waals surface area (Å²) in [6.07, 6.45) is 3.61. The van der Waals surface area contributed by atoms with Crippen molar-refractivity contribution in [2.75, 3.05) is 20.3 Å². The van der Waals surface area contributed by atoms with Crippen molar-refractivity contribution in [1.29, 1.82) is 0 Å². The number of nitrogens with zero attached hydrogens (tertiary/aromatic N) is 3. The number of benzene rings is 1. The molecule has 0 saturated carbocycles. The predicted molar refractivity (Wildman–Crippen MR) is 114 cm³/mol. The smallest absolute Gasteiger partial charge is 0.272 e. The first-order chi connectivity index (χ1) is 13.6. The quantitative estimate of drug-likeness (QED) is 0.513. The molecule has 0 spiro atoms. The van der Waals surface area contributed by atoms with Crippen molar-refractivity contribution in [1.82, 2.24) is 9.55 Å². The molecule has 0 radical (unpaired) electrons. The number of rotatable bonds is 7. The highest BCUT2D eigenvalue weighted by molar-refractivity contribution is 8.15. The van der Waals surface area contributed by atoms with Gasteiger partial charge in [-0.2, -0.15) is 0 Å². The van der Waals surface area contributed by atoms with Crippen LogP contribution in [0.25, 0.3) is 11.3 Å². The van der Waals surface area contributed by atoms with Crippen LogP contribution >= 0.6 is 11.8 Å². The number of ether oxygens (including phenoxy) is 2. The van der Waals surface area contributed by atoms with E-state index in [1.807, 2.05) is 38.1 Å². The van der Waals surface area contributed by atoms with Gasteiger partial charge in [-0.1, -0.05) is 25.1 Å². The normalized spacial score (nSPS) is 16.2. The van der Waals surface area contributed by atoms with Gasteiger partial charge in [-0.25, -0.2) is 4.98 Å². The monoisotopic (exact) mass is 399 g/mol. The molecule has 1 aliphatic rings. The van der Waals surface area contributed by atoms with Crippen LogP contribution in [-0.4, -0.2) is 34.9 Å². The first kappa shape index (κ1) is 20.2. The number of allylic oxidation sites excluding steroid dienone is 1. The molecular weight excluding hydrogens is 374 g/mol. The Bertz CT molecular complexity index is 962. The largest absolute Gasteiger partial charge is 0.497 e. The van der Waals surface area contributed by atoms with Gasteiger partial charge in [-0.3, -0.25) is 14.4 Å². The molecule has 6 nitrogen and oxygen atoms in total. The molecule has 0 aliphatic carbocycles. The second-order valence-corrected chi connectivity index (χ2v) is 7.31. The molecule has 1 aromatic heterocycles. The van der Waals surface area contributed by atoms with Gasteiger partial charge in [0.2, 0.25) is 0 Å². The summed E-state index contributed by atoms with van der Waals surface area (Å²) in [5.74, 6) is 1.50. The van der Waals surface area contributed by atoms with Gasteiger partial charge in [-0.15, -0.1) is 0 Å². The number of aliphatic imine (C=N–C) groups is 1. The van der Waals surface area contributed by atoms with Crippen molar-refractivity contribution in [2.45, 2.75) is 38.5 Å². The summed E-state index contributed by atoms with van der Waals surface area (Å²) in [6, 6.07) is 7.32. The molecule has 0 fully saturated rings. The van der Waals surface area contributed by atoms with Gasteiger partial charge >= 0.3 is 0 Å². The Labute approximate surface area is 169 Å². The van der Waals surface area contributed by atoms with E-state index in [2.05, 4.69) is 16.9 Å². The average Bonchev–Trinajstić information content (AvgIpc) is 3.08. The number of hydrogen-bond acceptors (Lipinski definition) is 6. The molecule has 2 aromatic rings. The number of hydrogen-bond donors (Lipinski definition) is 0. The van der Waals surface area contributed by atoms with Crippen LogP contribution in [0, 0.1) is 0 Å². The lowest BCUT2D eigenvalue weighted by Crippen LogP contribution is -2.20. The maximum absolute atomic E-state index is 13.1. The van der Waals surface area contributed by atoms with E-state index in [9.17, 15) is 4.79 Å². The Balaban J connectivity index is 2.05. The highest BCUT2D eigenvalue weighted by atomic mass is 32.2. The third-order valence-electron chi connectivity index (χ3n) is 4.40. The molecule has 28 heavy (non-hydrogen) atoms. The second kappa shape index (κ2) is 9.10. The van der Waals surface area contributed by atoms with E-state index in [-0.39, 0.29) is 5.56 Å². The third kappa shape index (κ3) is 3.99. The van der Waals surface area contributed by atoms with Crippen molar-refractivity contribution in [2.24, 2.45) is 4.99 Å².